The molecule has 1 N–H and O–H groups in total. The van der Waals surface area contributed by atoms with Crippen molar-refractivity contribution >= 4 is 21.6 Å². The van der Waals surface area contributed by atoms with Gasteiger partial charge in [0.15, 0.2) is 0 Å². The maximum Gasteiger partial charge on any atom is 0.240 e. The van der Waals surface area contributed by atoms with Crippen molar-refractivity contribution in [1.82, 2.24) is 5.32 Å². The van der Waals surface area contributed by atoms with Crippen LogP contribution in [-0.2, 0) is 14.8 Å². The van der Waals surface area contributed by atoms with Crippen molar-refractivity contribution in [3.63, 3.8) is 0 Å². The predicted octanol–water partition coefficient (Wildman–Crippen LogP) is 2.01. The van der Waals surface area contributed by atoms with Crippen molar-refractivity contribution in [2.75, 3.05) is 23.7 Å². The number of nitrogens with zero attached hydrogens (tertiary/aromatic N) is 1. The summed E-state index contributed by atoms with van der Waals surface area (Å²) >= 11 is 0. The number of ether oxygens (including phenoxy) is 1. The third kappa shape index (κ3) is 6.09. The molecule has 0 spiro atoms. The topological polar surface area (TPSA) is 75.7 Å². The fraction of sp³-hybridized carbons (Fsp3) is 0.562. The average Bonchev–Trinajstić information content (AvgIpc) is 2.44. The number of carbonyl (C=O) groups excluding carboxylic acids is 1. The summed E-state index contributed by atoms with van der Waals surface area (Å²) in [7, 11) is -3.58. The Bertz CT molecular complexity index is 629. The molecule has 0 bridgehead atoms. The molecule has 0 aromatic heterocycles. The van der Waals surface area contributed by atoms with Crippen LogP contribution in [-0.4, -0.2) is 39.8 Å². The van der Waals surface area contributed by atoms with Crippen molar-refractivity contribution in [3.8, 4) is 5.75 Å². The lowest BCUT2D eigenvalue weighted by Crippen LogP contribution is -2.44. The minimum atomic E-state index is -3.58. The van der Waals surface area contributed by atoms with Crippen LogP contribution in [0.1, 0.15) is 27.7 Å². The third-order valence-corrected chi connectivity index (χ3v) is 4.63. The molecule has 1 aromatic carbocycles. The summed E-state index contributed by atoms with van der Waals surface area (Å²) in [5.41, 5.74) is 0.408. The Morgan fingerprint density at radius 2 is 1.96 bits per heavy atom. The van der Waals surface area contributed by atoms with Crippen LogP contribution in [0.2, 0.25) is 0 Å². The summed E-state index contributed by atoms with van der Waals surface area (Å²) in [6.07, 6.45) is 1.08. The van der Waals surface area contributed by atoms with Gasteiger partial charge >= 0.3 is 0 Å². The summed E-state index contributed by atoms with van der Waals surface area (Å²) in [6.45, 7) is 7.95. The lowest BCUT2D eigenvalue weighted by atomic mass is 10.1. The molecule has 0 aliphatic rings. The molecule has 1 rings (SSSR count). The highest BCUT2D eigenvalue weighted by Gasteiger charge is 2.22. The van der Waals surface area contributed by atoms with E-state index in [2.05, 4.69) is 5.32 Å². The van der Waals surface area contributed by atoms with Gasteiger partial charge in [-0.15, -0.1) is 0 Å². The molecule has 0 aliphatic heterocycles. The van der Waals surface area contributed by atoms with E-state index in [1.54, 1.807) is 24.3 Å². The van der Waals surface area contributed by atoms with Crippen LogP contribution in [0.4, 0.5) is 5.69 Å². The van der Waals surface area contributed by atoms with Crippen LogP contribution >= 0.6 is 0 Å². The van der Waals surface area contributed by atoms with Crippen molar-refractivity contribution in [2.45, 2.75) is 33.7 Å². The first-order valence-corrected chi connectivity index (χ1v) is 9.50. The van der Waals surface area contributed by atoms with Gasteiger partial charge in [0.2, 0.25) is 15.9 Å². The van der Waals surface area contributed by atoms with Gasteiger partial charge in [0, 0.05) is 12.1 Å². The maximum atomic E-state index is 12.2. The van der Waals surface area contributed by atoms with Crippen LogP contribution in [0.25, 0.3) is 0 Å². The molecule has 23 heavy (non-hydrogen) atoms. The largest absolute Gasteiger partial charge is 0.494 e. The minimum Gasteiger partial charge on any atom is -0.494 e. The highest BCUT2D eigenvalue weighted by atomic mass is 32.2. The lowest BCUT2D eigenvalue weighted by molar-refractivity contribution is -0.120. The average molecular weight is 342 g/mol. The summed E-state index contributed by atoms with van der Waals surface area (Å²) in [5.74, 6) is 0.500. The Morgan fingerprint density at radius 3 is 2.48 bits per heavy atom. The Kier molecular flexibility index (Phi) is 6.87. The molecule has 0 aliphatic carbocycles. The number of rotatable bonds is 8. The molecule has 130 valence electrons. The van der Waals surface area contributed by atoms with Gasteiger partial charge in [0.05, 0.1) is 18.6 Å². The number of carbonyl (C=O) groups is 1. The van der Waals surface area contributed by atoms with E-state index in [0.717, 1.165) is 10.6 Å². The smallest absolute Gasteiger partial charge is 0.240 e. The Morgan fingerprint density at radius 1 is 1.30 bits per heavy atom. The van der Waals surface area contributed by atoms with Gasteiger partial charge in [0.25, 0.3) is 0 Å². The molecule has 0 fully saturated rings. The molecule has 0 radical (unpaired) electrons. The number of sulfonamides is 1. The molecule has 0 saturated heterocycles. The van der Waals surface area contributed by atoms with E-state index in [1.807, 2.05) is 27.7 Å². The van der Waals surface area contributed by atoms with Crippen LogP contribution < -0.4 is 14.4 Å². The predicted molar refractivity (Wildman–Crippen MR) is 92.2 cm³/mol. The van der Waals surface area contributed by atoms with Crippen LogP contribution in [0.5, 0.6) is 5.75 Å². The second-order valence-corrected chi connectivity index (χ2v) is 7.71. The standard InChI is InChI=1S/C16H26N2O4S/c1-6-22-15-9-7-8-14(10-15)18(23(5,20)21)11-16(19)17-13(4)12(2)3/h7-10,12-13H,6,11H2,1-5H3,(H,17,19)/t13-/m0/s1. The number of nitrogens with one attached hydrogen (secondary N) is 1. The monoisotopic (exact) mass is 342 g/mol. The second kappa shape index (κ2) is 8.19. The van der Waals surface area contributed by atoms with E-state index >= 15 is 0 Å². The second-order valence-electron chi connectivity index (χ2n) is 5.80. The van der Waals surface area contributed by atoms with Crippen LogP contribution in [0.15, 0.2) is 24.3 Å². The molecule has 1 amide bonds. The molecule has 0 saturated carbocycles. The van der Waals surface area contributed by atoms with Crippen LogP contribution in [0.3, 0.4) is 0 Å². The highest BCUT2D eigenvalue weighted by molar-refractivity contribution is 7.92. The normalized spacial score (nSPS) is 12.8. The van der Waals surface area contributed by atoms with E-state index in [4.69, 9.17) is 4.74 Å². The van der Waals surface area contributed by atoms with E-state index in [-0.39, 0.29) is 24.4 Å². The van der Waals surface area contributed by atoms with E-state index in [1.165, 1.54) is 0 Å². The molecular weight excluding hydrogens is 316 g/mol. The lowest BCUT2D eigenvalue weighted by Gasteiger charge is -2.24. The zero-order valence-corrected chi connectivity index (χ0v) is 15.2. The minimum absolute atomic E-state index is 0.0290. The first-order valence-electron chi connectivity index (χ1n) is 7.65. The Labute approximate surface area is 138 Å². The molecule has 0 heterocycles. The molecule has 1 aromatic rings. The van der Waals surface area contributed by atoms with E-state index in [9.17, 15) is 13.2 Å². The summed E-state index contributed by atoms with van der Waals surface area (Å²) in [6, 6.07) is 6.67. The van der Waals surface area contributed by atoms with Gasteiger partial charge < -0.3 is 10.1 Å². The Balaban J connectivity index is 2.98. The van der Waals surface area contributed by atoms with Gasteiger partial charge in [-0.3, -0.25) is 9.10 Å². The SMILES string of the molecule is CCOc1cccc(N(CC(=O)N[C@@H](C)C(C)C)S(C)(=O)=O)c1. The molecule has 7 heteroatoms. The van der Waals surface area contributed by atoms with Gasteiger partial charge in [0.1, 0.15) is 12.3 Å². The summed E-state index contributed by atoms with van der Waals surface area (Å²) in [5, 5.41) is 2.82. The molecule has 6 nitrogen and oxygen atoms in total. The van der Waals surface area contributed by atoms with Gasteiger partial charge in [-0.25, -0.2) is 8.42 Å². The fourth-order valence-electron chi connectivity index (χ4n) is 1.89. The van der Waals surface area contributed by atoms with Crippen molar-refractivity contribution in [2.24, 2.45) is 5.92 Å². The number of hydrogen-bond donors (Lipinski definition) is 1. The van der Waals surface area contributed by atoms with Crippen molar-refractivity contribution in [1.29, 1.82) is 0 Å². The summed E-state index contributed by atoms with van der Waals surface area (Å²) in [4.78, 5) is 12.2. The quantitative estimate of drug-likeness (QED) is 0.784. The van der Waals surface area contributed by atoms with Gasteiger partial charge in [-0.2, -0.15) is 0 Å². The van der Waals surface area contributed by atoms with Crippen molar-refractivity contribution in [3.05, 3.63) is 24.3 Å². The number of hydrogen-bond acceptors (Lipinski definition) is 4. The highest BCUT2D eigenvalue weighted by Crippen LogP contribution is 2.23. The molecule has 1 atom stereocenters. The van der Waals surface area contributed by atoms with Crippen LogP contribution in [0, 0.1) is 5.92 Å². The first-order chi connectivity index (χ1) is 10.6. The van der Waals surface area contributed by atoms with E-state index < -0.39 is 10.0 Å². The van der Waals surface area contributed by atoms with Gasteiger partial charge in [-0.1, -0.05) is 19.9 Å². The zero-order chi connectivity index (χ0) is 17.6. The third-order valence-electron chi connectivity index (χ3n) is 3.49. The van der Waals surface area contributed by atoms with E-state index in [0.29, 0.717) is 18.0 Å². The van der Waals surface area contributed by atoms with Crippen molar-refractivity contribution < 1.29 is 17.9 Å². The number of benzene rings is 1. The summed E-state index contributed by atoms with van der Waals surface area (Å²) < 4.78 is 30.6. The first kappa shape index (κ1) is 19.3. The maximum absolute atomic E-state index is 12.2. The number of amides is 1. The van der Waals surface area contributed by atoms with Gasteiger partial charge in [-0.05, 0) is 31.9 Å². The molecular formula is C16H26N2O4S. The Hall–Kier alpha value is -1.76. The molecule has 0 unspecified atom stereocenters. The zero-order valence-electron chi connectivity index (χ0n) is 14.4. The number of anilines is 1. The fourth-order valence-corrected chi connectivity index (χ4v) is 2.74.